The molecule has 0 spiro atoms. The number of aromatic nitrogens is 2. The van der Waals surface area contributed by atoms with Crippen LogP contribution in [0.1, 0.15) is 25.3 Å². The number of anilines is 1. The van der Waals surface area contributed by atoms with Crippen molar-refractivity contribution in [3.8, 4) is 16.3 Å². The topological polar surface area (TPSA) is 67.3 Å². The van der Waals surface area contributed by atoms with E-state index < -0.39 is 0 Å². The van der Waals surface area contributed by atoms with Crippen molar-refractivity contribution in [2.75, 3.05) is 24.6 Å². The number of para-hydroxylation sites is 1. The van der Waals surface area contributed by atoms with E-state index in [9.17, 15) is 4.79 Å². The van der Waals surface area contributed by atoms with Crippen molar-refractivity contribution in [2.45, 2.75) is 26.3 Å². The number of nitrogens with zero attached hydrogens (tertiary/aromatic N) is 3. The maximum Gasteiger partial charge on any atom is 0.223 e. The van der Waals surface area contributed by atoms with Crippen molar-refractivity contribution >= 4 is 23.1 Å². The highest BCUT2D eigenvalue weighted by atomic mass is 32.1. The van der Waals surface area contributed by atoms with Crippen LogP contribution in [-0.2, 0) is 11.3 Å². The Morgan fingerprint density at radius 2 is 1.97 bits per heavy atom. The van der Waals surface area contributed by atoms with Gasteiger partial charge >= 0.3 is 0 Å². The summed E-state index contributed by atoms with van der Waals surface area (Å²) in [5.41, 5.74) is 1.90. The first-order chi connectivity index (χ1) is 14.7. The summed E-state index contributed by atoms with van der Waals surface area (Å²) in [5.74, 6) is 1.85. The molecule has 0 atom stereocenters. The smallest absolute Gasteiger partial charge is 0.223 e. The van der Waals surface area contributed by atoms with E-state index in [1.807, 2.05) is 60.8 Å². The highest BCUT2D eigenvalue weighted by Gasteiger charge is 2.25. The maximum absolute atomic E-state index is 12.7. The minimum Gasteiger partial charge on any atom is -0.494 e. The summed E-state index contributed by atoms with van der Waals surface area (Å²) < 4.78 is 5.64. The van der Waals surface area contributed by atoms with E-state index >= 15 is 0 Å². The number of rotatable bonds is 7. The molecule has 0 radical (unpaired) electrons. The number of carbonyl (C=O) groups excluding carboxylic acids is 1. The van der Waals surface area contributed by atoms with Gasteiger partial charge < -0.3 is 15.0 Å². The largest absolute Gasteiger partial charge is 0.494 e. The number of nitrogens with one attached hydrogen (secondary N) is 1. The number of piperidine rings is 1. The van der Waals surface area contributed by atoms with Gasteiger partial charge in [-0.25, -0.2) is 0 Å². The Morgan fingerprint density at radius 1 is 1.13 bits per heavy atom. The molecule has 1 amide bonds. The third-order valence-electron chi connectivity index (χ3n) is 5.34. The van der Waals surface area contributed by atoms with Crippen LogP contribution in [0.25, 0.3) is 10.6 Å². The zero-order valence-corrected chi connectivity index (χ0v) is 17.9. The van der Waals surface area contributed by atoms with Crippen LogP contribution < -0.4 is 15.0 Å². The number of benzene rings is 1. The molecular formula is C23H26N4O2S. The first-order valence-corrected chi connectivity index (χ1v) is 11.2. The summed E-state index contributed by atoms with van der Waals surface area (Å²) in [6, 6.07) is 15.9. The number of thiophene rings is 1. The summed E-state index contributed by atoms with van der Waals surface area (Å²) in [6.45, 7) is 4.68. The van der Waals surface area contributed by atoms with E-state index in [0.717, 1.165) is 53.6 Å². The van der Waals surface area contributed by atoms with Crippen molar-refractivity contribution in [1.29, 1.82) is 0 Å². The average molecular weight is 423 g/mol. The van der Waals surface area contributed by atoms with E-state index in [1.54, 1.807) is 11.3 Å². The lowest BCUT2D eigenvalue weighted by atomic mass is 9.96. The van der Waals surface area contributed by atoms with E-state index in [-0.39, 0.29) is 11.8 Å². The summed E-state index contributed by atoms with van der Waals surface area (Å²) in [5, 5.41) is 13.9. The van der Waals surface area contributed by atoms with E-state index in [4.69, 9.17) is 4.74 Å². The summed E-state index contributed by atoms with van der Waals surface area (Å²) in [7, 11) is 0. The predicted octanol–water partition coefficient (Wildman–Crippen LogP) is 4.14. The van der Waals surface area contributed by atoms with Gasteiger partial charge in [-0.2, -0.15) is 0 Å². The predicted molar refractivity (Wildman–Crippen MR) is 120 cm³/mol. The van der Waals surface area contributed by atoms with Crippen molar-refractivity contribution < 1.29 is 9.53 Å². The Morgan fingerprint density at radius 3 is 2.67 bits per heavy atom. The quantitative estimate of drug-likeness (QED) is 0.620. The molecule has 4 rings (SSSR count). The molecule has 3 aromatic rings. The number of amides is 1. The van der Waals surface area contributed by atoms with Crippen molar-refractivity contribution in [1.82, 2.24) is 15.5 Å². The molecule has 156 valence electrons. The van der Waals surface area contributed by atoms with E-state index in [0.29, 0.717) is 13.2 Å². The van der Waals surface area contributed by atoms with Crippen LogP contribution in [-0.4, -0.2) is 35.8 Å². The SMILES string of the molecule is CCOc1ccccc1CNC(=O)C1CCN(c2ccc(-c3cccs3)nn2)CC1. The monoisotopic (exact) mass is 422 g/mol. The minimum absolute atomic E-state index is 0.0267. The molecule has 6 nitrogen and oxygen atoms in total. The Balaban J connectivity index is 1.28. The van der Waals surface area contributed by atoms with Gasteiger partial charge in [0.15, 0.2) is 5.82 Å². The molecule has 0 bridgehead atoms. The zero-order chi connectivity index (χ0) is 20.8. The Hall–Kier alpha value is -2.93. The van der Waals surface area contributed by atoms with Crippen LogP contribution in [0.15, 0.2) is 53.9 Å². The zero-order valence-electron chi connectivity index (χ0n) is 17.1. The molecule has 0 aliphatic carbocycles. The van der Waals surface area contributed by atoms with Gasteiger partial charge in [-0.1, -0.05) is 24.3 Å². The molecule has 7 heteroatoms. The van der Waals surface area contributed by atoms with Crippen LogP contribution in [0, 0.1) is 5.92 Å². The highest BCUT2D eigenvalue weighted by molar-refractivity contribution is 7.13. The lowest BCUT2D eigenvalue weighted by Gasteiger charge is -2.31. The number of ether oxygens (including phenoxy) is 1. The lowest BCUT2D eigenvalue weighted by molar-refractivity contribution is -0.125. The molecule has 1 aliphatic heterocycles. The number of hydrogen-bond donors (Lipinski definition) is 1. The first-order valence-electron chi connectivity index (χ1n) is 10.4. The van der Waals surface area contributed by atoms with Gasteiger partial charge in [-0.05, 0) is 49.4 Å². The minimum atomic E-state index is 0.0267. The fourth-order valence-electron chi connectivity index (χ4n) is 3.69. The number of hydrogen-bond acceptors (Lipinski definition) is 6. The van der Waals surface area contributed by atoms with Gasteiger partial charge in [-0.3, -0.25) is 4.79 Å². The Kier molecular flexibility index (Phi) is 6.59. The van der Waals surface area contributed by atoms with Gasteiger partial charge in [0.2, 0.25) is 5.91 Å². The van der Waals surface area contributed by atoms with Crippen molar-refractivity contribution in [3.05, 3.63) is 59.5 Å². The van der Waals surface area contributed by atoms with Crippen LogP contribution in [0.2, 0.25) is 0 Å². The van der Waals surface area contributed by atoms with Gasteiger partial charge in [-0.15, -0.1) is 21.5 Å². The summed E-state index contributed by atoms with van der Waals surface area (Å²) in [4.78, 5) is 16.0. The second kappa shape index (κ2) is 9.71. The van der Waals surface area contributed by atoms with Gasteiger partial charge in [0, 0.05) is 31.1 Å². The molecule has 1 aliphatic rings. The first kappa shape index (κ1) is 20.3. The highest BCUT2D eigenvalue weighted by Crippen LogP contribution is 2.26. The molecule has 1 aromatic carbocycles. The van der Waals surface area contributed by atoms with Crippen molar-refractivity contribution in [2.24, 2.45) is 5.92 Å². The standard InChI is InChI=1S/C23H26N4O2S/c1-2-29-20-7-4-3-6-18(20)16-24-23(28)17-11-13-27(14-12-17)22-10-9-19(25-26-22)21-8-5-15-30-21/h3-10,15,17H,2,11-14,16H2,1H3,(H,24,28). The van der Waals surface area contributed by atoms with Crippen LogP contribution in [0.3, 0.4) is 0 Å². The number of carbonyl (C=O) groups is 1. The molecule has 3 heterocycles. The average Bonchev–Trinajstić information content (AvgIpc) is 3.34. The molecule has 2 aromatic heterocycles. The summed E-state index contributed by atoms with van der Waals surface area (Å²) >= 11 is 1.66. The molecule has 1 N–H and O–H groups in total. The molecule has 0 unspecified atom stereocenters. The second-order valence-corrected chi connectivity index (χ2v) is 8.22. The maximum atomic E-state index is 12.7. The Labute approximate surface area is 180 Å². The van der Waals surface area contributed by atoms with Gasteiger partial charge in [0.25, 0.3) is 0 Å². The fourth-order valence-corrected chi connectivity index (χ4v) is 4.38. The molecule has 1 saturated heterocycles. The molecule has 0 saturated carbocycles. The molecular weight excluding hydrogens is 396 g/mol. The van der Waals surface area contributed by atoms with Gasteiger partial charge in [0.05, 0.1) is 11.5 Å². The second-order valence-electron chi connectivity index (χ2n) is 7.27. The van der Waals surface area contributed by atoms with Crippen LogP contribution >= 0.6 is 11.3 Å². The third kappa shape index (κ3) is 4.79. The third-order valence-corrected chi connectivity index (χ3v) is 6.23. The van der Waals surface area contributed by atoms with Crippen LogP contribution in [0.4, 0.5) is 5.82 Å². The Bertz CT molecular complexity index is 952. The fraction of sp³-hybridized carbons (Fsp3) is 0.348. The van der Waals surface area contributed by atoms with Gasteiger partial charge in [0.1, 0.15) is 11.4 Å². The van der Waals surface area contributed by atoms with Crippen LogP contribution in [0.5, 0.6) is 5.75 Å². The van der Waals surface area contributed by atoms with E-state index in [1.165, 1.54) is 0 Å². The van der Waals surface area contributed by atoms with Crippen molar-refractivity contribution in [3.63, 3.8) is 0 Å². The normalized spacial score (nSPS) is 14.5. The summed E-state index contributed by atoms with van der Waals surface area (Å²) in [6.07, 6.45) is 1.63. The van der Waals surface area contributed by atoms with E-state index in [2.05, 4.69) is 20.4 Å². The lowest BCUT2D eigenvalue weighted by Crippen LogP contribution is -2.40. The molecule has 30 heavy (non-hydrogen) atoms. The molecule has 1 fully saturated rings.